The molecule has 0 heterocycles. The highest BCUT2D eigenvalue weighted by molar-refractivity contribution is 5.94. The van der Waals surface area contributed by atoms with Crippen LogP contribution in [0, 0.1) is 19.8 Å². The summed E-state index contributed by atoms with van der Waals surface area (Å²) < 4.78 is 0. The molecule has 0 unspecified atom stereocenters. The average molecular weight is 292 g/mol. The molecular formula is C16H24N2O3. The van der Waals surface area contributed by atoms with Crippen molar-refractivity contribution in [1.82, 2.24) is 5.32 Å². The van der Waals surface area contributed by atoms with E-state index in [4.69, 9.17) is 5.11 Å². The van der Waals surface area contributed by atoms with Gasteiger partial charge in [0.1, 0.15) is 6.04 Å². The van der Waals surface area contributed by atoms with E-state index in [0.717, 1.165) is 16.8 Å². The molecule has 21 heavy (non-hydrogen) atoms. The molecule has 0 radical (unpaired) electrons. The normalized spacial score (nSPS) is 12.2. The maximum atomic E-state index is 12.0. The zero-order valence-corrected chi connectivity index (χ0v) is 13.1. The number of nitrogens with one attached hydrogen (secondary N) is 2. The average Bonchev–Trinajstić information content (AvgIpc) is 2.38. The van der Waals surface area contributed by atoms with E-state index in [9.17, 15) is 9.59 Å². The molecule has 3 N–H and O–H groups in total. The molecule has 1 amide bonds. The summed E-state index contributed by atoms with van der Waals surface area (Å²) in [5.74, 6) is -0.979. The van der Waals surface area contributed by atoms with Crippen LogP contribution >= 0.6 is 0 Å². The van der Waals surface area contributed by atoms with Gasteiger partial charge in [-0.15, -0.1) is 0 Å². The second-order valence-corrected chi connectivity index (χ2v) is 5.76. The first-order valence-electron chi connectivity index (χ1n) is 7.13. The Morgan fingerprint density at radius 1 is 1.24 bits per heavy atom. The molecule has 0 bridgehead atoms. The van der Waals surface area contributed by atoms with Gasteiger partial charge >= 0.3 is 5.97 Å². The van der Waals surface area contributed by atoms with Crippen LogP contribution in [-0.2, 0) is 9.59 Å². The van der Waals surface area contributed by atoms with Crippen molar-refractivity contribution in [2.75, 3.05) is 11.9 Å². The monoisotopic (exact) mass is 292 g/mol. The van der Waals surface area contributed by atoms with E-state index in [1.807, 2.05) is 45.9 Å². The van der Waals surface area contributed by atoms with E-state index in [0.29, 0.717) is 12.5 Å². The van der Waals surface area contributed by atoms with Gasteiger partial charge < -0.3 is 15.7 Å². The van der Waals surface area contributed by atoms with Crippen LogP contribution < -0.4 is 10.6 Å². The van der Waals surface area contributed by atoms with Crippen LogP contribution in [0.4, 0.5) is 5.69 Å². The highest BCUT2D eigenvalue weighted by Gasteiger charge is 2.21. The lowest BCUT2D eigenvalue weighted by Crippen LogP contribution is -2.41. The zero-order valence-electron chi connectivity index (χ0n) is 13.1. The van der Waals surface area contributed by atoms with Gasteiger partial charge in [0.15, 0.2) is 0 Å². The number of carbonyl (C=O) groups excluding carboxylic acids is 1. The van der Waals surface area contributed by atoms with Gasteiger partial charge in [0.25, 0.3) is 0 Å². The van der Waals surface area contributed by atoms with Crippen LogP contribution in [-0.4, -0.2) is 29.6 Å². The molecule has 0 aromatic heterocycles. The van der Waals surface area contributed by atoms with Crippen molar-refractivity contribution in [2.24, 2.45) is 5.92 Å². The quantitative estimate of drug-likeness (QED) is 0.720. The van der Waals surface area contributed by atoms with Gasteiger partial charge in [-0.1, -0.05) is 26.0 Å². The van der Waals surface area contributed by atoms with Crippen molar-refractivity contribution in [3.8, 4) is 0 Å². The van der Waals surface area contributed by atoms with Crippen molar-refractivity contribution in [1.29, 1.82) is 0 Å². The summed E-state index contributed by atoms with van der Waals surface area (Å²) in [7, 11) is 0. The number of anilines is 1. The number of rotatable bonds is 7. The summed E-state index contributed by atoms with van der Waals surface area (Å²) in [5, 5.41) is 14.8. The molecule has 116 valence electrons. The molecule has 5 nitrogen and oxygen atoms in total. The maximum Gasteiger partial charge on any atom is 0.321 e. The smallest absolute Gasteiger partial charge is 0.321 e. The Balaban J connectivity index is 2.65. The summed E-state index contributed by atoms with van der Waals surface area (Å²) in [6.45, 7) is 8.39. The zero-order chi connectivity index (χ0) is 16.0. The third-order valence-corrected chi connectivity index (χ3v) is 3.13. The van der Waals surface area contributed by atoms with E-state index in [1.165, 1.54) is 0 Å². The van der Waals surface area contributed by atoms with Crippen molar-refractivity contribution in [3.05, 3.63) is 29.3 Å². The van der Waals surface area contributed by atoms with Crippen LogP contribution in [0.15, 0.2) is 18.2 Å². The number of carboxylic acid groups (broad SMARTS) is 1. The molecule has 0 aliphatic carbocycles. The van der Waals surface area contributed by atoms with E-state index in [2.05, 4.69) is 10.6 Å². The van der Waals surface area contributed by atoms with Gasteiger partial charge in [0.05, 0.1) is 6.42 Å². The Morgan fingerprint density at radius 2 is 1.90 bits per heavy atom. The topological polar surface area (TPSA) is 78.4 Å². The second kappa shape index (κ2) is 7.78. The minimum Gasteiger partial charge on any atom is -0.480 e. The first kappa shape index (κ1) is 17.2. The molecule has 0 aliphatic rings. The molecule has 1 aromatic rings. The van der Waals surface area contributed by atoms with Gasteiger partial charge in [-0.05, 0) is 43.5 Å². The standard InChI is InChI=1S/C16H24N2O3/c1-10(2)9-17-14(16(20)21)8-15(19)18-13-7-11(3)5-6-12(13)4/h5-7,10,14,17H,8-9H2,1-4H3,(H,18,19)(H,20,21)/t14-/m1/s1. The van der Waals surface area contributed by atoms with Crippen molar-refractivity contribution in [3.63, 3.8) is 0 Å². The fraction of sp³-hybridized carbons (Fsp3) is 0.500. The molecular weight excluding hydrogens is 268 g/mol. The molecule has 0 aliphatic heterocycles. The summed E-state index contributed by atoms with van der Waals surface area (Å²) >= 11 is 0. The van der Waals surface area contributed by atoms with Gasteiger partial charge in [-0.2, -0.15) is 0 Å². The fourth-order valence-electron chi connectivity index (χ4n) is 1.88. The predicted octanol–water partition coefficient (Wildman–Crippen LogP) is 2.33. The van der Waals surface area contributed by atoms with Gasteiger partial charge in [-0.25, -0.2) is 0 Å². The highest BCUT2D eigenvalue weighted by atomic mass is 16.4. The lowest BCUT2D eigenvalue weighted by Gasteiger charge is -2.16. The molecule has 1 rings (SSSR count). The van der Waals surface area contributed by atoms with E-state index >= 15 is 0 Å². The van der Waals surface area contributed by atoms with Crippen molar-refractivity contribution in [2.45, 2.75) is 40.2 Å². The van der Waals surface area contributed by atoms with E-state index in [-0.39, 0.29) is 12.3 Å². The van der Waals surface area contributed by atoms with Crippen LogP contribution in [0.2, 0.25) is 0 Å². The summed E-state index contributed by atoms with van der Waals surface area (Å²) in [6, 6.07) is 4.91. The largest absolute Gasteiger partial charge is 0.480 e. The van der Waals surface area contributed by atoms with Crippen LogP contribution in [0.5, 0.6) is 0 Å². The van der Waals surface area contributed by atoms with Gasteiger partial charge in [0.2, 0.25) is 5.91 Å². The summed E-state index contributed by atoms with van der Waals surface area (Å²) in [5.41, 5.74) is 2.73. The number of aliphatic carboxylic acids is 1. The first-order chi connectivity index (χ1) is 9.79. The van der Waals surface area contributed by atoms with Crippen molar-refractivity contribution < 1.29 is 14.7 Å². The Labute approximate surface area is 125 Å². The summed E-state index contributed by atoms with van der Waals surface area (Å²) in [6.07, 6.45) is -0.0879. The second-order valence-electron chi connectivity index (χ2n) is 5.76. The van der Waals surface area contributed by atoms with Crippen LogP contribution in [0.25, 0.3) is 0 Å². The number of aryl methyl sites for hydroxylation is 2. The molecule has 0 spiro atoms. The minimum atomic E-state index is -1.01. The predicted molar refractivity (Wildman–Crippen MR) is 83.4 cm³/mol. The number of benzene rings is 1. The first-order valence-corrected chi connectivity index (χ1v) is 7.13. The molecule has 0 saturated carbocycles. The molecule has 0 saturated heterocycles. The maximum absolute atomic E-state index is 12.0. The number of carboxylic acids is 1. The van der Waals surface area contributed by atoms with Crippen LogP contribution in [0.3, 0.4) is 0 Å². The number of hydrogen-bond acceptors (Lipinski definition) is 3. The summed E-state index contributed by atoms with van der Waals surface area (Å²) in [4.78, 5) is 23.2. The van der Waals surface area contributed by atoms with E-state index in [1.54, 1.807) is 0 Å². The number of hydrogen-bond donors (Lipinski definition) is 3. The third kappa shape index (κ3) is 5.95. The molecule has 1 aromatic carbocycles. The minimum absolute atomic E-state index is 0.0879. The lowest BCUT2D eigenvalue weighted by atomic mass is 10.1. The van der Waals surface area contributed by atoms with Crippen LogP contribution in [0.1, 0.15) is 31.4 Å². The van der Waals surface area contributed by atoms with E-state index < -0.39 is 12.0 Å². The molecule has 0 fully saturated rings. The lowest BCUT2D eigenvalue weighted by molar-refractivity contribution is -0.141. The molecule has 1 atom stereocenters. The molecule has 5 heteroatoms. The number of carbonyl (C=O) groups is 2. The Bertz CT molecular complexity index is 512. The van der Waals surface area contributed by atoms with Gasteiger partial charge in [-0.3, -0.25) is 9.59 Å². The Kier molecular flexibility index (Phi) is 6.37. The van der Waals surface area contributed by atoms with Gasteiger partial charge in [0, 0.05) is 5.69 Å². The Hall–Kier alpha value is -1.88. The van der Waals surface area contributed by atoms with Crippen molar-refractivity contribution >= 4 is 17.6 Å². The number of amides is 1. The fourth-order valence-corrected chi connectivity index (χ4v) is 1.88. The Morgan fingerprint density at radius 3 is 2.48 bits per heavy atom. The third-order valence-electron chi connectivity index (χ3n) is 3.13. The SMILES string of the molecule is Cc1ccc(C)c(NC(=O)C[C@@H](NCC(C)C)C(=O)O)c1. The highest BCUT2D eigenvalue weighted by Crippen LogP contribution is 2.16.